The first-order chi connectivity index (χ1) is 12.1. The van der Waals surface area contributed by atoms with Crippen LogP contribution in [0.25, 0.3) is 16.9 Å². The van der Waals surface area contributed by atoms with E-state index in [0.717, 1.165) is 11.1 Å². The molecule has 1 N–H and O–H groups in total. The molecule has 0 saturated heterocycles. The van der Waals surface area contributed by atoms with Crippen molar-refractivity contribution in [1.29, 1.82) is 0 Å². The highest BCUT2D eigenvalue weighted by molar-refractivity contribution is 6.30. The standard InChI is InChI=1S/C19H14ClN3O2/c1-12-4-6-13(7-5-12)17-18(22-19(24)15-3-2-10-25-15)23-11-14(20)8-9-16(23)21-17/h2-11H,1H3,(H,22,24). The summed E-state index contributed by atoms with van der Waals surface area (Å²) in [5.41, 5.74) is 3.41. The van der Waals surface area contributed by atoms with Gasteiger partial charge in [-0.25, -0.2) is 4.98 Å². The van der Waals surface area contributed by atoms with E-state index in [0.29, 0.717) is 22.2 Å². The molecule has 1 aromatic carbocycles. The third-order valence-corrected chi connectivity index (χ3v) is 4.11. The van der Waals surface area contributed by atoms with Gasteiger partial charge in [-0.15, -0.1) is 0 Å². The van der Waals surface area contributed by atoms with Crippen LogP contribution in [-0.2, 0) is 0 Å². The van der Waals surface area contributed by atoms with Crippen molar-refractivity contribution in [2.24, 2.45) is 0 Å². The summed E-state index contributed by atoms with van der Waals surface area (Å²) in [6.45, 7) is 2.02. The highest BCUT2D eigenvalue weighted by atomic mass is 35.5. The number of fused-ring (bicyclic) bond motifs is 1. The minimum atomic E-state index is -0.347. The highest BCUT2D eigenvalue weighted by Gasteiger charge is 2.18. The minimum Gasteiger partial charge on any atom is -0.459 e. The zero-order valence-corrected chi connectivity index (χ0v) is 14.1. The molecule has 25 heavy (non-hydrogen) atoms. The molecule has 124 valence electrons. The van der Waals surface area contributed by atoms with E-state index < -0.39 is 0 Å². The van der Waals surface area contributed by atoms with Crippen LogP contribution in [-0.4, -0.2) is 15.3 Å². The molecule has 4 aromatic rings. The Morgan fingerprint density at radius 1 is 1.16 bits per heavy atom. The first-order valence-corrected chi connectivity index (χ1v) is 8.09. The summed E-state index contributed by atoms with van der Waals surface area (Å²) in [6.07, 6.45) is 3.18. The fourth-order valence-electron chi connectivity index (χ4n) is 2.63. The van der Waals surface area contributed by atoms with Gasteiger partial charge < -0.3 is 9.73 Å². The number of carbonyl (C=O) groups excluding carboxylic acids is 1. The van der Waals surface area contributed by atoms with Crippen LogP contribution in [0.4, 0.5) is 5.82 Å². The van der Waals surface area contributed by atoms with Gasteiger partial charge in [0.2, 0.25) is 0 Å². The number of aryl methyl sites for hydroxylation is 1. The highest BCUT2D eigenvalue weighted by Crippen LogP contribution is 2.30. The molecule has 0 fully saturated rings. The van der Waals surface area contributed by atoms with Crippen LogP contribution in [0, 0.1) is 6.92 Å². The maximum absolute atomic E-state index is 12.5. The van der Waals surface area contributed by atoms with Gasteiger partial charge in [0.1, 0.15) is 17.2 Å². The number of anilines is 1. The van der Waals surface area contributed by atoms with E-state index in [1.165, 1.54) is 6.26 Å². The Hall–Kier alpha value is -3.05. The number of amides is 1. The fraction of sp³-hybridized carbons (Fsp3) is 0.0526. The van der Waals surface area contributed by atoms with Crippen LogP contribution in [0.5, 0.6) is 0 Å². The van der Waals surface area contributed by atoms with Crippen molar-refractivity contribution in [3.8, 4) is 11.3 Å². The fourth-order valence-corrected chi connectivity index (χ4v) is 2.79. The van der Waals surface area contributed by atoms with E-state index in [1.807, 2.05) is 37.3 Å². The van der Waals surface area contributed by atoms with Gasteiger partial charge in [-0.3, -0.25) is 9.20 Å². The van der Waals surface area contributed by atoms with Crippen LogP contribution in [0.1, 0.15) is 16.1 Å². The SMILES string of the molecule is Cc1ccc(-c2nc3ccc(Cl)cn3c2NC(=O)c2ccco2)cc1. The predicted octanol–water partition coefficient (Wildman–Crippen LogP) is 4.81. The Labute approximate surface area is 148 Å². The molecule has 0 radical (unpaired) electrons. The number of nitrogens with zero attached hydrogens (tertiary/aromatic N) is 2. The quantitative estimate of drug-likeness (QED) is 0.576. The zero-order chi connectivity index (χ0) is 17.4. The van der Waals surface area contributed by atoms with Crippen molar-refractivity contribution in [1.82, 2.24) is 9.38 Å². The molecule has 0 atom stereocenters. The lowest BCUT2D eigenvalue weighted by Gasteiger charge is -2.07. The first kappa shape index (κ1) is 15.5. The largest absolute Gasteiger partial charge is 0.459 e. The second-order valence-electron chi connectivity index (χ2n) is 5.68. The van der Waals surface area contributed by atoms with Gasteiger partial charge in [0.15, 0.2) is 5.76 Å². The molecular weight excluding hydrogens is 338 g/mol. The number of imidazole rings is 1. The van der Waals surface area contributed by atoms with Crippen molar-refractivity contribution in [2.75, 3.05) is 5.32 Å². The number of hydrogen-bond donors (Lipinski definition) is 1. The lowest BCUT2D eigenvalue weighted by atomic mass is 10.1. The molecule has 5 nitrogen and oxygen atoms in total. The summed E-state index contributed by atoms with van der Waals surface area (Å²) >= 11 is 6.12. The molecule has 0 aliphatic heterocycles. The Kier molecular flexibility index (Phi) is 3.78. The van der Waals surface area contributed by atoms with Crippen LogP contribution in [0.3, 0.4) is 0 Å². The molecule has 4 rings (SSSR count). The van der Waals surface area contributed by atoms with E-state index in [9.17, 15) is 4.79 Å². The predicted molar refractivity (Wildman–Crippen MR) is 97.0 cm³/mol. The number of carbonyl (C=O) groups is 1. The van der Waals surface area contributed by atoms with Gasteiger partial charge in [-0.1, -0.05) is 41.4 Å². The number of furan rings is 1. The molecule has 1 amide bonds. The second-order valence-corrected chi connectivity index (χ2v) is 6.12. The lowest BCUT2D eigenvalue weighted by Crippen LogP contribution is -2.13. The molecular formula is C19H14ClN3O2. The maximum Gasteiger partial charge on any atom is 0.292 e. The third-order valence-electron chi connectivity index (χ3n) is 3.88. The van der Waals surface area contributed by atoms with Crippen molar-refractivity contribution < 1.29 is 9.21 Å². The third kappa shape index (κ3) is 2.90. The van der Waals surface area contributed by atoms with Gasteiger partial charge >= 0.3 is 0 Å². The van der Waals surface area contributed by atoms with E-state index in [2.05, 4.69) is 10.3 Å². The number of halogens is 1. The lowest BCUT2D eigenvalue weighted by molar-refractivity contribution is 0.0996. The summed E-state index contributed by atoms with van der Waals surface area (Å²) < 4.78 is 6.94. The average molecular weight is 352 g/mol. The number of pyridine rings is 1. The van der Waals surface area contributed by atoms with Crippen LogP contribution >= 0.6 is 11.6 Å². The van der Waals surface area contributed by atoms with Gasteiger partial charge in [0, 0.05) is 11.8 Å². The van der Waals surface area contributed by atoms with Crippen molar-refractivity contribution in [2.45, 2.75) is 6.92 Å². The second kappa shape index (κ2) is 6.11. The van der Waals surface area contributed by atoms with E-state index in [1.54, 1.807) is 28.8 Å². The maximum atomic E-state index is 12.5. The van der Waals surface area contributed by atoms with Crippen LogP contribution < -0.4 is 5.32 Å². The smallest absolute Gasteiger partial charge is 0.292 e. The number of nitrogens with one attached hydrogen (secondary N) is 1. The molecule has 0 unspecified atom stereocenters. The van der Waals surface area contributed by atoms with Crippen molar-refractivity contribution >= 4 is 29.0 Å². The van der Waals surface area contributed by atoms with Gasteiger partial charge in [0.25, 0.3) is 5.91 Å². The number of rotatable bonds is 3. The Morgan fingerprint density at radius 2 is 1.96 bits per heavy atom. The molecule has 3 heterocycles. The Balaban J connectivity index is 1.86. The van der Waals surface area contributed by atoms with E-state index in [-0.39, 0.29) is 11.7 Å². The summed E-state index contributed by atoms with van der Waals surface area (Å²) in [5, 5.41) is 3.44. The molecule has 0 bridgehead atoms. The summed E-state index contributed by atoms with van der Waals surface area (Å²) in [6, 6.07) is 14.8. The number of hydrogen-bond acceptors (Lipinski definition) is 3. The Bertz CT molecular complexity index is 1050. The van der Waals surface area contributed by atoms with E-state index >= 15 is 0 Å². The molecule has 0 saturated carbocycles. The molecule has 0 spiro atoms. The summed E-state index contributed by atoms with van der Waals surface area (Å²) in [5.74, 6) is 0.426. The molecule has 0 aliphatic rings. The first-order valence-electron chi connectivity index (χ1n) is 7.71. The van der Waals surface area contributed by atoms with Gasteiger partial charge in [-0.2, -0.15) is 0 Å². The average Bonchev–Trinajstić information content (AvgIpc) is 3.24. The van der Waals surface area contributed by atoms with Crippen molar-refractivity contribution in [3.63, 3.8) is 0 Å². The van der Waals surface area contributed by atoms with E-state index in [4.69, 9.17) is 16.0 Å². The van der Waals surface area contributed by atoms with Gasteiger partial charge in [-0.05, 0) is 31.2 Å². The summed E-state index contributed by atoms with van der Waals surface area (Å²) in [4.78, 5) is 17.1. The Morgan fingerprint density at radius 3 is 2.68 bits per heavy atom. The topological polar surface area (TPSA) is 59.5 Å². The van der Waals surface area contributed by atoms with Crippen molar-refractivity contribution in [3.05, 3.63) is 77.3 Å². The number of aromatic nitrogens is 2. The molecule has 3 aromatic heterocycles. The molecule has 0 aliphatic carbocycles. The van der Waals surface area contributed by atoms with Crippen LogP contribution in [0.2, 0.25) is 5.02 Å². The van der Waals surface area contributed by atoms with Gasteiger partial charge in [0.05, 0.1) is 11.3 Å². The molecule has 6 heteroatoms. The number of benzene rings is 1. The normalized spacial score (nSPS) is 11.0. The minimum absolute atomic E-state index is 0.229. The zero-order valence-electron chi connectivity index (χ0n) is 13.4. The monoisotopic (exact) mass is 351 g/mol. The van der Waals surface area contributed by atoms with Crippen LogP contribution in [0.15, 0.2) is 65.4 Å². The summed E-state index contributed by atoms with van der Waals surface area (Å²) in [7, 11) is 0.